The van der Waals surface area contributed by atoms with Crippen molar-refractivity contribution >= 4 is 11.6 Å². The lowest BCUT2D eigenvalue weighted by Gasteiger charge is -2.22. The highest BCUT2D eigenvalue weighted by molar-refractivity contribution is 5.93. The first-order valence-corrected chi connectivity index (χ1v) is 9.48. The van der Waals surface area contributed by atoms with Crippen LogP contribution in [0.1, 0.15) is 43.4 Å². The average Bonchev–Trinajstić information content (AvgIpc) is 3.10. The normalized spacial score (nSPS) is 12.7. The van der Waals surface area contributed by atoms with E-state index in [1.54, 1.807) is 0 Å². The number of rotatable bonds is 7. The van der Waals surface area contributed by atoms with Crippen molar-refractivity contribution in [2.45, 2.75) is 40.2 Å². The summed E-state index contributed by atoms with van der Waals surface area (Å²) in [5, 5.41) is 3.13. The van der Waals surface area contributed by atoms with Gasteiger partial charge in [-0.1, -0.05) is 45.0 Å². The third-order valence-corrected chi connectivity index (χ3v) is 4.85. The number of nitrogens with zero attached hydrogens (tertiary/aromatic N) is 1. The number of hydrogen-bond donors (Lipinski definition) is 1. The SMILES string of the molecule is CCN(CC(=O)Nc1c(C)cccc1C(C)C)Cc1ccc2c(c1)OCO2. The first-order valence-electron chi connectivity index (χ1n) is 9.48. The van der Waals surface area contributed by atoms with Gasteiger partial charge in [0.1, 0.15) is 0 Å². The molecule has 0 unspecified atom stereocenters. The lowest BCUT2D eigenvalue weighted by atomic mass is 9.98. The van der Waals surface area contributed by atoms with E-state index >= 15 is 0 Å². The van der Waals surface area contributed by atoms with Gasteiger partial charge in [0.15, 0.2) is 11.5 Å². The van der Waals surface area contributed by atoms with E-state index in [9.17, 15) is 4.79 Å². The van der Waals surface area contributed by atoms with Crippen LogP contribution in [0.2, 0.25) is 0 Å². The van der Waals surface area contributed by atoms with Gasteiger partial charge in [-0.25, -0.2) is 0 Å². The summed E-state index contributed by atoms with van der Waals surface area (Å²) in [7, 11) is 0. The van der Waals surface area contributed by atoms with Crippen LogP contribution in [0, 0.1) is 6.92 Å². The van der Waals surface area contributed by atoms with Crippen molar-refractivity contribution in [2.75, 3.05) is 25.2 Å². The van der Waals surface area contributed by atoms with E-state index in [0.29, 0.717) is 19.0 Å². The van der Waals surface area contributed by atoms with Crippen molar-refractivity contribution in [1.82, 2.24) is 4.90 Å². The molecule has 2 aromatic carbocycles. The number of carbonyl (C=O) groups is 1. The predicted octanol–water partition coefficient (Wildman–Crippen LogP) is 4.31. The summed E-state index contributed by atoms with van der Waals surface area (Å²) in [6.45, 7) is 10.5. The molecule has 3 rings (SSSR count). The van der Waals surface area contributed by atoms with E-state index < -0.39 is 0 Å². The quantitative estimate of drug-likeness (QED) is 0.791. The molecule has 5 nitrogen and oxygen atoms in total. The number of likely N-dealkylation sites (N-methyl/N-ethyl adjacent to an activating group) is 1. The number of para-hydroxylation sites is 1. The third-order valence-electron chi connectivity index (χ3n) is 4.85. The molecule has 0 aromatic heterocycles. The van der Waals surface area contributed by atoms with E-state index in [-0.39, 0.29) is 12.7 Å². The van der Waals surface area contributed by atoms with E-state index in [4.69, 9.17) is 9.47 Å². The Morgan fingerprint density at radius 3 is 2.70 bits per heavy atom. The summed E-state index contributed by atoms with van der Waals surface area (Å²) >= 11 is 0. The van der Waals surface area contributed by atoms with Crippen LogP contribution in [0.4, 0.5) is 5.69 Å². The Morgan fingerprint density at radius 1 is 1.19 bits per heavy atom. The summed E-state index contributed by atoms with van der Waals surface area (Å²) < 4.78 is 10.8. The van der Waals surface area contributed by atoms with Crippen LogP contribution < -0.4 is 14.8 Å². The highest BCUT2D eigenvalue weighted by Crippen LogP contribution is 2.33. The van der Waals surface area contributed by atoms with Crippen molar-refractivity contribution in [3.05, 3.63) is 53.1 Å². The second kappa shape index (κ2) is 8.44. The monoisotopic (exact) mass is 368 g/mol. The average molecular weight is 368 g/mol. The molecule has 1 heterocycles. The van der Waals surface area contributed by atoms with Crippen molar-refractivity contribution in [3.8, 4) is 11.5 Å². The number of aryl methyl sites for hydroxylation is 1. The lowest BCUT2D eigenvalue weighted by molar-refractivity contribution is -0.117. The third kappa shape index (κ3) is 4.61. The molecule has 0 bridgehead atoms. The molecule has 0 saturated carbocycles. The fraction of sp³-hybridized carbons (Fsp3) is 0.409. The van der Waals surface area contributed by atoms with Gasteiger partial charge in [-0.15, -0.1) is 0 Å². The topological polar surface area (TPSA) is 50.8 Å². The minimum absolute atomic E-state index is 0.00814. The molecule has 0 saturated heterocycles. The molecule has 144 valence electrons. The maximum atomic E-state index is 12.7. The summed E-state index contributed by atoms with van der Waals surface area (Å²) in [6, 6.07) is 12.1. The van der Waals surface area contributed by atoms with Gasteiger partial charge in [-0.3, -0.25) is 9.69 Å². The summed E-state index contributed by atoms with van der Waals surface area (Å²) in [6.07, 6.45) is 0. The van der Waals surface area contributed by atoms with Gasteiger partial charge < -0.3 is 14.8 Å². The molecule has 1 N–H and O–H groups in total. The Bertz CT molecular complexity index is 817. The number of carbonyl (C=O) groups excluding carboxylic acids is 1. The zero-order valence-electron chi connectivity index (χ0n) is 16.5. The molecule has 27 heavy (non-hydrogen) atoms. The Labute approximate surface area is 161 Å². The van der Waals surface area contributed by atoms with E-state index in [2.05, 4.69) is 37.1 Å². The molecular weight excluding hydrogens is 340 g/mol. The minimum Gasteiger partial charge on any atom is -0.454 e. The fourth-order valence-corrected chi connectivity index (χ4v) is 3.30. The molecule has 2 aromatic rings. The van der Waals surface area contributed by atoms with Gasteiger partial charge in [0.05, 0.1) is 6.54 Å². The van der Waals surface area contributed by atoms with Gasteiger partial charge in [-0.2, -0.15) is 0 Å². The van der Waals surface area contributed by atoms with Crippen LogP contribution in [0.3, 0.4) is 0 Å². The van der Waals surface area contributed by atoms with Crippen LogP contribution in [-0.2, 0) is 11.3 Å². The molecule has 1 amide bonds. The molecular formula is C22H28N2O3. The van der Waals surface area contributed by atoms with Crippen molar-refractivity contribution in [2.24, 2.45) is 0 Å². The summed E-state index contributed by atoms with van der Waals surface area (Å²) in [5.74, 6) is 1.92. The molecule has 0 fully saturated rings. The highest BCUT2D eigenvalue weighted by atomic mass is 16.7. The lowest BCUT2D eigenvalue weighted by Crippen LogP contribution is -2.33. The molecule has 0 atom stereocenters. The fourth-order valence-electron chi connectivity index (χ4n) is 3.30. The van der Waals surface area contributed by atoms with Gasteiger partial charge >= 0.3 is 0 Å². The smallest absolute Gasteiger partial charge is 0.238 e. The van der Waals surface area contributed by atoms with Crippen molar-refractivity contribution in [1.29, 1.82) is 0 Å². The first kappa shape index (κ1) is 19.2. The molecule has 1 aliphatic rings. The largest absolute Gasteiger partial charge is 0.454 e. The van der Waals surface area contributed by atoms with E-state index in [1.165, 1.54) is 5.56 Å². The van der Waals surface area contributed by atoms with E-state index in [0.717, 1.165) is 34.9 Å². The van der Waals surface area contributed by atoms with Gasteiger partial charge in [0.25, 0.3) is 0 Å². The Morgan fingerprint density at radius 2 is 1.96 bits per heavy atom. The summed E-state index contributed by atoms with van der Waals surface area (Å²) in [4.78, 5) is 14.8. The van der Waals surface area contributed by atoms with Crippen LogP contribution in [0.15, 0.2) is 36.4 Å². The van der Waals surface area contributed by atoms with Crippen LogP contribution in [-0.4, -0.2) is 30.7 Å². The second-order valence-electron chi connectivity index (χ2n) is 7.23. The Hall–Kier alpha value is -2.53. The molecule has 0 radical (unpaired) electrons. The van der Waals surface area contributed by atoms with Crippen molar-refractivity contribution < 1.29 is 14.3 Å². The zero-order valence-corrected chi connectivity index (χ0v) is 16.5. The molecule has 5 heteroatoms. The minimum atomic E-state index is 0.00814. The maximum Gasteiger partial charge on any atom is 0.238 e. The van der Waals surface area contributed by atoms with Crippen LogP contribution in [0.5, 0.6) is 11.5 Å². The maximum absolute atomic E-state index is 12.7. The van der Waals surface area contributed by atoms with Gasteiger partial charge in [-0.05, 0) is 48.2 Å². The van der Waals surface area contributed by atoms with Crippen molar-refractivity contribution in [3.63, 3.8) is 0 Å². The number of nitrogens with one attached hydrogen (secondary N) is 1. The highest BCUT2D eigenvalue weighted by Gasteiger charge is 2.17. The van der Waals surface area contributed by atoms with Gasteiger partial charge in [0.2, 0.25) is 12.7 Å². The number of fused-ring (bicyclic) bond motifs is 1. The number of hydrogen-bond acceptors (Lipinski definition) is 4. The Kier molecular flexibility index (Phi) is 6.01. The number of anilines is 1. The standard InChI is InChI=1S/C22H28N2O3/c1-5-24(12-17-9-10-19-20(11-17)27-14-26-19)13-21(25)23-22-16(4)7-6-8-18(22)15(2)3/h6-11,15H,5,12-14H2,1-4H3,(H,23,25). The zero-order chi connectivity index (χ0) is 19.4. The number of amides is 1. The molecule has 0 aliphatic carbocycles. The number of ether oxygens (including phenoxy) is 2. The van der Waals surface area contributed by atoms with E-state index in [1.807, 2.05) is 37.3 Å². The number of benzene rings is 2. The summed E-state index contributed by atoms with van der Waals surface area (Å²) in [5.41, 5.74) is 4.31. The first-order chi connectivity index (χ1) is 13.0. The van der Waals surface area contributed by atoms with Crippen LogP contribution >= 0.6 is 0 Å². The molecule has 0 spiro atoms. The van der Waals surface area contributed by atoms with Gasteiger partial charge in [0, 0.05) is 12.2 Å². The second-order valence-corrected chi connectivity index (χ2v) is 7.23. The Balaban J connectivity index is 1.66. The predicted molar refractivity (Wildman–Crippen MR) is 107 cm³/mol. The van der Waals surface area contributed by atoms with Crippen LogP contribution in [0.25, 0.3) is 0 Å². The molecule has 1 aliphatic heterocycles.